The van der Waals surface area contributed by atoms with Crippen LogP contribution in [0.1, 0.15) is 35.2 Å². The first kappa shape index (κ1) is 12.2. The van der Waals surface area contributed by atoms with E-state index in [-0.39, 0.29) is 6.04 Å². The van der Waals surface area contributed by atoms with E-state index < -0.39 is 0 Å². The summed E-state index contributed by atoms with van der Waals surface area (Å²) in [5.41, 5.74) is 11.2. The molecule has 1 aromatic rings. The molecule has 1 atom stereocenters. The highest BCUT2D eigenvalue weighted by atomic mass is 14.9. The van der Waals surface area contributed by atoms with Gasteiger partial charge in [-0.1, -0.05) is 24.6 Å². The van der Waals surface area contributed by atoms with E-state index in [1.807, 2.05) is 0 Å². The predicted octanol–water partition coefficient (Wildman–Crippen LogP) is 2.22. The molecule has 0 aliphatic heterocycles. The monoisotopic (exact) mass is 206 g/mol. The molecule has 0 aromatic heterocycles. The minimum absolute atomic E-state index is 0.288. The summed E-state index contributed by atoms with van der Waals surface area (Å²) >= 11 is 0. The van der Waals surface area contributed by atoms with Gasteiger partial charge < -0.3 is 11.1 Å². The summed E-state index contributed by atoms with van der Waals surface area (Å²) in [6.45, 7) is 10.2. The number of hydrogen-bond acceptors (Lipinski definition) is 2. The number of hydrogen-bond donors (Lipinski definition) is 2. The van der Waals surface area contributed by atoms with Crippen LogP contribution in [-0.4, -0.2) is 13.1 Å². The van der Waals surface area contributed by atoms with Crippen LogP contribution in [0, 0.1) is 20.8 Å². The van der Waals surface area contributed by atoms with Crippen LogP contribution in [0.15, 0.2) is 12.1 Å². The first-order chi connectivity index (χ1) is 7.10. The van der Waals surface area contributed by atoms with Crippen molar-refractivity contribution in [2.24, 2.45) is 5.73 Å². The van der Waals surface area contributed by atoms with Gasteiger partial charge in [0.2, 0.25) is 0 Å². The molecule has 1 aromatic carbocycles. The van der Waals surface area contributed by atoms with Crippen molar-refractivity contribution >= 4 is 0 Å². The molecule has 2 nitrogen and oxygen atoms in total. The second-order valence-electron chi connectivity index (χ2n) is 4.16. The minimum atomic E-state index is 0.288. The molecule has 2 heteroatoms. The van der Waals surface area contributed by atoms with Crippen molar-refractivity contribution in [1.29, 1.82) is 0 Å². The van der Waals surface area contributed by atoms with Gasteiger partial charge in [0.05, 0.1) is 0 Å². The van der Waals surface area contributed by atoms with Crippen LogP contribution in [0.2, 0.25) is 0 Å². The molecule has 0 bridgehead atoms. The van der Waals surface area contributed by atoms with Crippen LogP contribution in [0.25, 0.3) is 0 Å². The van der Waals surface area contributed by atoms with Crippen LogP contribution in [0.4, 0.5) is 0 Å². The van der Waals surface area contributed by atoms with E-state index in [4.69, 9.17) is 5.73 Å². The molecule has 1 rings (SSSR count). The molecule has 84 valence electrons. The summed E-state index contributed by atoms with van der Waals surface area (Å²) < 4.78 is 0. The molecule has 0 fully saturated rings. The molecule has 0 heterocycles. The SMILES string of the molecule is CCNC(CN)c1c(C)cc(C)cc1C. The summed E-state index contributed by atoms with van der Waals surface area (Å²) in [5, 5.41) is 3.42. The van der Waals surface area contributed by atoms with Gasteiger partial charge >= 0.3 is 0 Å². The molecule has 0 radical (unpaired) electrons. The fourth-order valence-electron chi connectivity index (χ4n) is 2.29. The summed E-state index contributed by atoms with van der Waals surface area (Å²) in [7, 11) is 0. The third-order valence-corrected chi connectivity index (χ3v) is 2.77. The molecular formula is C13H22N2. The Kier molecular flexibility index (Phi) is 4.30. The van der Waals surface area contributed by atoms with E-state index in [2.05, 4.69) is 45.1 Å². The fourth-order valence-corrected chi connectivity index (χ4v) is 2.29. The Morgan fingerprint density at radius 2 is 1.73 bits per heavy atom. The molecule has 1 unspecified atom stereocenters. The van der Waals surface area contributed by atoms with Crippen LogP contribution < -0.4 is 11.1 Å². The van der Waals surface area contributed by atoms with Crippen molar-refractivity contribution in [3.8, 4) is 0 Å². The van der Waals surface area contributed by atoms with E-state index in [1.165, 1.54) is 22.3 Å². The topological polar surface area (TPSA) is 38.0 Å². The highest BCUT2D eigenvalue weighted by molar-refractivity contribution is 5.39. The third kappa shape index (κ3) is 2.80. The first-order valence-corrected chi connectivity index (χ1v) is 5.61. The van der Waals surface area contributed by atoms with Crippen molar-refractivity contribution in [3.05, 3.63) is 34.4 Å². The standard InChI is InChI=1S/C13H22N2/c1-5-15-12(8-14)13-10(3)6-9(2)7-11(13)4/h6-7,12,15H,5,8,14H2,1-4H3. The summed E-state index contributed by atoms with van der Waals surface area (Å²) in [6, 6.07) is 4.74. The Morgan fingerprint density at radius 1 is 1.20 bits per heavy atom. The second-order valence-corrected chi connectivity index (χ2v) is 4.16. The Morgan fingerprint density at radius 3 is 2.13 bits per heavy atom. The lowest BCUT2D eigenvalue weighted by Crippen LogP contribution is -2.29. The number of nitrogens with one attached hydrogen (secondary N) is 1. The quantitative estimate of drug-likeness (QED) is 0.792. The number of likely N-dealkylation sites (N-methyl/N-ethyl adjacent to an activating group) is 1. The van der Waals surface area contributed by atoms with Crippen LogP contribution in [0.3, 0.4) is 0 Å². The number of nitrogens with two attached hydrogens (primary N) is 1. The summed E-state index contributed by atoms with van der Waals surface area (Å²) in [5.74, 6) is 0. The zero-order valence-corrected chi connectivity index (χ0v) is 10.2. The lowest BCUT2D eigenvalue weighted by molar-refractivity contribution is 0.556. The number of benzene rings is 1. The smallest absolute Gasteiger partial charge is 0.0449 e. The van der Waals surface area contributed by atoms with Crippen molar-refractivity contribution in [2.75, 3.05) is 13.1 Å². The molecule has 0 saturated carbocycles. The lowest BCUT2D eigenvalue weighted by atomic mass is 9.94. The number of aryl methyl sites for hydroxylation is 3. The van der Waals surface area contributed by atoms with Crippen molar-refractivity contribution in [1.82, 2.24) is 5.32 Å². The van der Waals surface area contributed by atoms with E-state index >= 15 is 0 Å². The fraction of sp³-hybridized carbons (Fsp3) is 0.538. The van der Waals surface area contributed by atoms with E-state index in [0.29, 0.717) is 6.54 Å². The maximum Gasteiger partial charge on any atom is 0.0449 e. The van der Waals surface area contributed by atoms with Gasteiger partial charge in [-0.2, -0.15) is 0 Å². The van der Waals surface area contributed by atoms with E-state index in [1.54, 1.807) is 0 Å². The van der Waals surface area contributed by atoms with Crippen LogP contribution in [-0.2, 0) is 0 Å². The Hall–Kier alpha value is -0.860. The zero-order chi connectivity index (χ0) is 11.4. The highest BCUT2D eigenvalue weighted by Gasteiger charge is 2.13. The molecular weight excluding hydrogens is 184 g/mol. The van der Waals surface area contributed by atoms with Gasteiger partial charge in [0.1, 0.15) is 0 Å². The molecule has 0 aliphatic carbocycles. The molecule has 0 amide bonds. The number of rotatable bonds is 4. The van der Waals surface area contributed by atoms with E-state index in [9.17, 15) is 0 Å². The molecule has 0 saturated heterocycles. The van der Waals surface area contributed by atoms with Gasteiger partial charge in [-0.05, 0) is 44.0 Å². The van der Waals surface area contributed by atoms with Gasteiger partial charge in [-0.3, -0.25) is 0 Å². The normalized spacial score (nSPS) is 12.9. The summed E-state index contributed by atoms with van der Waals surface area (Å²) in [4.78, 5) is 0. The summed E-state index contributed by atoms with van der Waals surface area (Å²) in [6.07, 6.45) is 0. The average molecular weight is 206 g/mol. The van der Waals surface area contributed by atoms with Gasteiger partial charge in [0.15, 0.2) is 0 Å². The van der Waals surface area contributed by atoms with Gasteiger partial charge in [-0.15, -0.1) is 0 Å². The first-order valence-electron chi connectivity index (χ1n) is 5.61. The maximum atomic E-state index is 5.80. The minimum Gasteiger partial charge on any atom is -0.329 e. The van der Waals surface area contributed by atoms with Crippen LogP contribution in [0.5, 0.6) is 0 Å². The third-order valence-electron chi connectivity index (χ3n) is 2.77. The Labute approximate surface area is 92.9 Å². The van der Waals surface area contributed by atoms with Gasteiger partial charge in [0.25, 0.3) is 0 Å². The highest BCUT2D eigenvalue weighted by Crippen LogP contribution is 2.22. The molecule has 0 spiro atoms. The van der Waals surface area contributed by atoms with Crippen molar-refractivity contribution < 1.29 is 0 Å². The zero-order valence-electron chi connectivity index (χ0n) is 10.2. The largest absolute Gasteiger partial charge is 0.329 e. The van der Waals surface area contributed by atoms with Crippen molar-refractivity contribution in [2.45, 2.75) is 33.7 Å². The molecule has 15 heavy (non-hydrogen) atoms. The van der Waals surface area contributed by atoms with E-state index in [0.717, 1.165) is 6.54 Å². The maximum absolute atomic E-state index is 5.80. The van der Waals surface area contributed by atoms with Gasteiger partial charge in [-0.25, -0.2) is 0 Å². The lowest BCUT2D eigenvalue weighted by Gasteiger charge is -2.21. The second kappa shape index (κ2) is 5.29. The average Bonchev–Trinajstić information content (AvgIpc) is 2.14. The predicted molar refractivity (Wildman–Crippen MR) is 66.1 cm³/mol. The van der Waals surface area contributed by atoms with Gasteiger partial charge in [0, 0.05) is 12.6 Å². The van der Waals surface area contributed by atoms with Crippen molar-refractivity contribution in [3.63, 3.8) is 0 Å². The van der Waals surface area contributed by atoms with Crippen LogP contribution >= 0.6 is 0 Å². The Balaban J connectivity index is 3.11. The molecule has 3 N–H and O–H groups in total. The molecule has 0 aliphatic rings. The Bertz CT molecular complexity index is 308.